The van der Waals surface area contributed by atoms with Gasteiger partial charge < -0.3 is 9.47 Å². The lowest BCUT2D eigenvalue weighted by Crippen LogP contribution is -2.75. The molecule has 1 saturated carbocycles. The molecule has 4 aliphatic heterocycles. The second-order valence-corrected chi connectivity index (χ2v) is 10.5. The van der Waals surface area contributed by atoms with Gasteiger partial charge in [0.1, 0.15) is 0 Å². The molecule has 136 valence electrons. The predicted molar refractivity (Wildman–Crippen MR) is 82.1 cm³/mol. The van der Waals surface area contributed by atoms with Crippen LogP contribution in [0.1, 0.15) is 46.5 Å². The second-order valence-electron chi connectivity index (χ2n) is 8.14. The number of fused-ring (bicyclic) bond motifs is 2. The van der Waals surface area contributed by atoms with Crippen molar-refractivity contribution in [2.24, 2.45) is 17.8 Å². The third kappa shape index (κ3) is 1.83. The van der Waals surface area contributed by atoms with E-state index in [0.29, 0.717) is 18.8 Å². The van der Waals surface area contributed by atoms with Crippen molar-refractivity contribution in [2.45, 2.75) is 68.9 Å². The third-order valence-electron chi connectivity index (χ3n) is 6.77. The minimum absolute atomic E-state index is 0.0137. The van der Waals surface area contributed by atoms with Gasteiger partial charge in [0.05, 0.1) is 0 Å². The quantitative estimate of drug-likeness (QED) is 0.518. The largest absolute Gasteiger partial charge is 0.431 e. The van der Waals surface area contributed by atoms with Crippen LogP contribution in [0.3, 0.4) is 0 Å². The minimum Gasteiger partial charge on any atom is -0.431 e. The molecule has 24 heavy (non-hydrogen) atoms. The first-order valence-corrected chi connectivity index (χ1v) is 10.4. The van der Waals surface area contributed by atoms with Crippen molar-refractivity contribution in [2.75, 3.05) is 6.26 Å². The topological polar surface area (TPSA) is 88.1 Å². The molecule has 0 unspecified atom stereocenters. The fourth-order valence-electron chi connectivity index (χ4n) is 5.17. The summed E-state index contributed by atoms with van der Waals surface area (Å²) in [6.07, 6.45) is 2.93. The van der Waals surface area contributed by atoms with E-state index in [1.54, 1.807) is 6.92 Å². The first-order chi connectivity index (χ1) is 11.0. The van der Waals surface area contributed by atoms with Crippen LogP contribution in [0.5, 0.6) is 0 Å². The first kappa shape index (κ1) is 16.8. The summed E-state index contributed by atoms with van der Waals surface area (Å²) in [5.74, 6) is -1.97. The Hall–Kier alpha value is -0.700. The number of esters is 1. The first-order valence-electron chi connectivity index (χ1n) is 8.50. The molecule has 4 heterocycles. The van der Waals surface area contributed by atoms with Crippen molar-refractivity contribution in [3.8, 4) is 0 Å². The molecule has 0 radical (unpaired) electrons. The maximum atomic E-state index is 12.7. The molecule has 0 amide bonds. The summed E-state index contributed by atoms with van der Waals surface area (Å²) < 4.78 is 35.0. The van der Waals surface area contributed by atoms with E-state index < -0.39 is 44.1 Å². The molecule has 1 spiro atoms. The number of hydrogen-bond acceptors (Lipinski definition) is 7. The van der Waals surface area contributed by atoms with Crippen LogP contribution in [-0.2, 0) is 33.9 Å². The summed E-state index contributed by atoms with van der Waals surface area (Å²) in [6, 6.07) is 0. The summed E-state index contributed by atoms with van der Waals surface area (Å²) in [5, 5.41) is 0. The second kappa shape index (κ2) is 4.72. The maximum Gasteiger partial charge on any atom is 0.330 e. The van der Waals surface area contributed by atoms with Crippen LogP contribution in [0, 0.1) is 17.8 Å². The highest BCUT2D eigenvalue weighted by molar-refractivity contribution is 7.92. The van der Waals surface area contributed by atoms with Crippen LogP contribution >= 0.6 is 0 Å². The van der Waals surface area contributed by atoms with Gasteiger partial charge in [-0.3, -0.25) is 4.79 Å². The molecule has 5 rings (SSSR count). The van der Waals surface area contributed by atoms with Gasteiger partial charge in [-0.1, -0.05) is 6.92 Å². The Balaban J connectivity index is 1.92. The van der Waals surface area contributed by atoms with Crippen LogP contribution in [0.25, 0.3) is 0 Å². The van der Waals surface area contributed by atoms with E-state index in [2.05, 4.69) is 6.92 Å². The molecule has 8 heteroatoms. The van der Waals surface area contributed by atoms with Crippen molar-refractivity contribution in [3.05, 3.63) is 0 Å². The van der Waals surface area contributed by atoms with Gasteiger partial charge in [0.15, 0.2) is 20.2 Å². The van der Waals surface area contributed by atoms with Gasteiger partial charge in [-0.15, -0.1) is 0 Å². The van der Waals surface area contributed by atoms with Crippen molar-refractivity contribution in [1.82, 2.24) is 0 Å². The van der Waals surface area contributed by atoms with Crippen LogP contribution in [-0.4, -0.2) is 43.1 Å². The highest BCUT2D eigenvalue weighted by Gasteiger charge is 2.75. The molecule has 2 bridgehead atoms. The van der Waals surface area contributed by atoms with Gasteiger partial charge in [-0.25, -0.2) is 18.2 Å². The van der Waals surface area contributed by atoms with Gasteiger partial charge in [-0.05, 0) is 39.0 Å². The zero-order chi connectivity index (χ0) is 17.5. The summed E-state index contributed by atoms with van der Waals surface area (Å²) >= 11 is 0. The molecule has 5 fully saturated rings. The molecule has 0 aromatic rings. The molecule has 7 atom stereocenters. The number of carbonyl (C=O) groups excluding carboxylic acids is 1. The summed E-state index contributed by atoms with van der Waals surface area (Å²) in [5.41, 5.74) is -1.07. The lowest BCUT2D eigenvalue weighted by molar-refractivity contribution is -0.558. The van der Waals surface area contributed by atoms with Crippen LogP contribution in [0.4, 0.5) is 0 Å². The lowest BCUT2D eigenvalue weighted by Gasteiger charge is -2.60. The van der Waals surface area contributed by atoms with E-state index in [9.17, 15) is 13.2 Å². The van der Waals surface area contributed by atoms with Crippen LogP contribution < -0.4 is 0 Å². The highest BCUT2D eigenvalue weighted by atomic mass is 32.2. The number of rotatable bonds is 1. The van der Waals surface area contributed by atoms with Crippen LogP contribution in [0.2, 0.25) is 0 Å². The van der Waals surface area contributed by atoms with Gasteiger partial charge in [0.25, 0.3) is 0 Å². The molecular weight excluding hydrogens is 336 g/mol. The fraction of sp³-hybridized carbons (Fsp3) is 0.938. The van der Waals surface area contributed by atoms with Gasteiger partial charge in [0, 0.05) is 24.5 Å². The van der Waals surface area contributed by atoms with E-state index in [4.69, 9.17) is 19.2 Å². The summed E-state index contributed by atoms with van der Waals surface area (Å²) in [7, 11) is -3.72. The Kier molecular flexibility index (Phi) is 3.29. The zero-order valence-electron chi connectivity index (χ0n) is 14.4. The average Bonchev–Trinajstić information content (AvgIpc) is 2.70. The van der Waals surface area contributed by atoms with E-state index in [-0.39, 0.29) is 5.92 Å². The molecule has 5 aliphatic rings. The normalized spacial score (nSPS) is 53.9. The molecule has 0 N–H and O–H groups in total. The Bertz CT molecular complexity index is 691. The average molecular weight is 360 g/mol. The Morgan fingerprint density at radius 2 is 1.83 bits per heavy atom. The molecule has 1 aliphatic carbocycles. The van der Waals surface area contributed by atoms with E-state index in [1.165, 1.54) is 6.92 Å². The lowest BCUT2D eigenvalue weighted by atomic mass is 9.58. The standard InChI is InChI=1S/C16H24O7S/c1-9-5-6-11-15(3,24(4,18)19)12(17)20-13-16(11)10(9)7-8-14(2,21-13)22-23-16/h9-11,13H,5-8H2,1-4H3/t9-,10+,11+,13-,14+,15-,16-/m1/s1. The minimum atomic E-state index is -3.72. The number of sulfone groups is 1. The predicted octanol–water partition coefficient (Wildman–Crippen LogP) is 1.56. The van der Waals surface area contributed by atoms with Gasteiger partial charge in [-0.2, -0.15) is 0 Å². The molecular formula is C16H24O7S. The van der Waals surface area contributed by atoms with E-state index >= 15 is 0 Å². The number of carbonyl (C=O) groups is 1. The maximum absolute atomic E-state index is 12.7. The van der Waals surface area contributed by atoms with Crippen molar-refractivity contribution in [1.29, 1.82) is 0 Å². The SMILES string of the molecule is C[C@@H]1CC[C@@H]2[C@]34OO[C@@](C)(CC[C@@H]13)O[C@H]4OC(=O)[C@]2(C)S(C)(=O)=O. The molecule has 4 saturated heterocycles. The molecule has 0 aromatic carbocycles. The number of hydrogen-bond donors (Lipinski definition) is 0. The Morgan fingerprint density at radius 3 is 2.50 bits per heavy atom. The summed E-state index contributed by atoms with van der Waals surface area (Å²) in [4.78, 5) is 24.2. The van der Waals surface area contributed by atoms with E-state index in [0.717, 1.165) is 19.1 Å². The Labute approximate surface area is 141 Å². The summed E-state index contributed by atoms with van der Waals surface area (Å²) in [6.45, 7) is 5.34. The van der Waals surface area contributed by atoms with Gasteiger partial charge in [0.2, 0.25) is 12.1 Å². The smallest absolute Gasteiger partial charge is 0.330 e. The van der Waals surface area contributed by atoms with E-state index in [1.807, 2.05) is 0 Å². The third-order valence-corrected chi connectivity index (χ3v) is 8.76. The van der Waals surface area contributed by atoms with Crippen LogP contribution in [0.15, 0.2) is 0 Å². The molecule has 0 aromatic heterocycles. The Morgan fingerprint density at radius 1 is 1.12 bits per heavy atom. The van der Waals surface area contributed by atoms with Crippen molar-refractivity contribution < 1.29 is 32.5 Å². The zero-order valence-corrected chi connectivity index (χ0v) is 15.2. The highest BCUT2D eigenvalue weighted by Crippen LogP contribution is 2.61. The monoisotopic (exact) mass is 360 g/mol. The van der Waals surface area contributed by atoms with Crippen molar-refractivity contribution in [3.63, 3.8) is 0 Å². The fourth-order valence-corrected chi connectivity index (χ4v) is 6.34. The van der Waals surface area contributed by atoms with Gasteiger partial charge >= 0.3 is 5.97 Å². The molecule has 7 nitrogen and oxygen atoms in total. The number of ether oxygens (including phenoxy) is 2. The van der Waals surface area contributed by atoms with Crippen molar-refractivity contribution >= 4 is 15.8 Å².